The van der Waals surface area contributed by atoms with Gasteiger partial charge in [-0.2, -0.15) is 0 Å². The molecule has 0 saturated heterocycles. The number of nitrogens with zero attached hydrogens (tertiary/aromatic N) is 2. The van der Waals surface area contributed by atoms with Gasteiger partial charge in [0.25, 0.3) is 5.56 Å². The second kappa shape index (κ2) is 9.77. The summed E-state index contributed by atoms with van der Waals surface area (Å²) in [5.41, 5.74) is 2.56. The Morgan fingerprint density at radius 3 is 2.55 bits per heavy atom. The lowest BCUT2D eigenvalue weighted by atomic mass is 10.2. The predicted molar refractivity (Wildman–Crippen MR) is 124 cm³/mol. The topological polar surface area (TPSA) is 53.4 Å². The first kappa shape index (κ1) is 21.1. The number of rotatable bonds is 8. The van der Waals surface area contributed by atoms with E-state index in [1.807, 2.05) is 61.5 Å². The fourth-order valence-corrected chi connectivity index (χ4v) is 3.50. The Morgan fingerprint density at radius 1 is 0.935 bits per heavy atom. The van der Waals surface area contributed by atoms with Crippen molar-refractivity contribution in [2.45, 2.75) is 13.5 Å². The van der Waals surface area contributed by atoms with Crippen LogP contribution in [0, 0.1) is 6.92 Å². The van der Waals surface area contributed by atoms with Crippen LogP contribution in [0.3, 0.4) is 0 Å². The van der Waals surface area contributed by atoms with Crippen molar-refractivity contribution in [1.29, 1.82) is 0 Å². The van der Waals surface area contributed by atoms with Gasteiger partial charge in [-0.05, 0) is 61.0 Å². The first-order chi connectivity index (χ1) is 15.1. The summed E-state index contributed by atoms with van der Waals surface area (Å²) in [7, 11) is 0. The third-order valence-electron chi connectivity index (χ3n) is 4.91. The highest BCUT2D eigenvalue weighted by molar-refractivity contribution is 6.30. The molecule has 4 rings (SSSR count). The number of benzene rings is 3. The lowest BCUT2D eigenvalue weighted by molar-refractivity contribution is 0.0940. The molecule has 6 heteroatoms. The number of ether oxygens (including phenoxy) is 2. The normalized spacial score (nSPS) is 11.0. The average molecular weight is 435 g/mol. The molecule has 158 valence electrons. The number of para-hydroxylation sites is 1. The number of hydrogen-bond acceptors (Lipinski definition) is 4. The maximum Gasteiger partial charge on any atom is 0.261 e. The summed E-state index contributed by atoms with van der Waals surface area (Å²) >= 11 is 6.03. The quantitative estimate of drug-likeness (QED) is 0.361. The maximum atomic E-state index is 13.1. The van der Waals surface area contributed by atoms with Crippen molar-refractivity contribution in [3.05, 3.63) is 93.7 Å². The zero-order valence-corrected chi connectivity index (χ0v) is 18.0. The molecule has 0 N–H and O–H groups in total. The van der Waals surface area contributed by atoms with E-state index in [9.17, 15) is 4.79 Å². The molecule has 1 heterocycles. The average Bonchev–Trinajstić information content (AvgIpc) is 2.78. The van der Waals surface area contributed by atoms with Gasteiger partial charge in [0.05, 0.1) is 30.7 Å². The lowest BCUT2D eigenvalue weighted by Crippen LogP contribution is -2.26. The van der Waals surface area contributed by atoms with Gasteiger partial charge in [-0.1, -0.05) is 35.9 Å². The summed E-state index contributed by atoms with van der Waals surface area (Å²) in [6.45, 7) is 3.66. The van der Waals surface area contributed by atoms with Crippen LogP contribution in [0.15, 0.2) is 77.6 Å². The molecule has 0 aliphatic rings. The molecule has 3 aromatic carbocycles. The van der Waals surface area contributed by atoms with E-state index in [0.717, 1.165) is 16.9 Å². The van der Waals surface area contributed by atoms with Gasteiger partial charge in [0.2, 0.25) is 0 Å². The second-order valence-electron chi connectivity index (χ2n) is 7.19. The minimum Gasteiger partial charge on any atom is -0.491 e. The number of hydrogen-bond donors (Lipinski definition) is 0. The van der Waals surface area contributed by atoms with Crippen molar-refractivity contribution in [1.82, 2.24) is 9.55 Å². The number of aromatic nitrogens is 2. The van der Waals surface area contributed by atoms with Crippen LogP contribution in [-0.4, -0.2) is 29.4 Å². The van der Waals surface area contributed by atoms with Crippen LogP contribution in [0.2, 0.25) is 5.02 Å². The van der Waals surface area contributed by atoms with Crippen molar-refractivity contribution in [3.8, 4) is 17.1 Å². The van der Waals surface area contributed by atoms with Crippen LogP contribution in [-0.2, 0) is 11.3 Å². The largest absolute Gasteiger partial charge is 0.491 e. The van der Waals surface area contributed by atoms with E-state index < -0.39 is 0 Å². The van der Waals surface area contributed by atoms with Crippen molar-refractivity contribution in [2.75, 3.05) is 19.8 Å². The van der Waals surface area contributed by atoms with Crippen LogP contribution < -0.4 is 10.3 Å². The highest BCUT2D eigenvalue weighted by atomic mass is 35.5. The van der Waals surface area contributed by atoms with E-state index in [4.69, 9.17) is 26.1 Å². The molecule has 0 fully saturated rings. The van der Waals surface area contributed by atoms with E-state index in [2.05, 4.69) is 0 Å². The summed E-state index contributed by atoms with van der Waals surface area (Å²) in [5, 5.41) is 1.22. The molecule has 5 nitrogen and oxygen atoms in total. The Balaban J connectivity index is 1.47. The highest BCUT2D eigenvalue weighted by Gasteiger charge is 2.12. The summed E-state index contributed by atoms with van der Waals surface area (Å²) in [6, 6.07) is 22.6. The molecular formula is C25H23ClN2O3. The van der Waals surface area contributed by atoms with Crippen molar-refractivity contribution < 1.29 is 9.47 Å². The molecule has 0 amide bonds. The predicted octanol–water partition coefficient (Wildman–Crippen LogP) is 5.12. The van der Waals surface area contributed by atoms with Crippen LogP contribution in [0.1, 0.15) is 5.56 Å². The van der Waals surface area contributed by atoms with Crippen LogP contribution in [0.25, 0.3) is 22.3 Å². The first-order valence-electron chi connectivity index (χ1n) is 10.1. The molecule has 0 radical (unpaired) electrons. The zero-order chi connectivity index (χ0) is 21.6. The minimum absolute atomic E-state index is 0.0878. The molecule has 0 unspecified atom stereocenters. The fraction of sp³-hybridized carbons (Fsp3) is 0.200. The fourth-order valence-electron chi connectivity index (χ4n) is 3.38. The Labute approximate surface area is 185 Å². The SMILES string of the molecule is Cc1cccc(OCCOCCn2c(-c3ccc(Cl)cc3)nc3ccccc3c2=O)c1. The van der Waals surface area contributed by atoms with E-state index in [1.54, 1.807) is 22.8 Å². The number of fused-ring (bicyclic) bond motifs is 1. The lowest BCUT2D eigenvalue weighted by Gasteiger charge is -2.14. The molecule has 1 aromatic heterocycles. The third-order valence-corrected chi connectivity index (χ3v) is 5.16. The summed E-state index contributed by atoms with van der Waals surface area (Å²) in [6.07, 6.45) is 0. The van der Waals surface area contributed by atoms with Crippen LogP contribution >= 0.6 is 11.6 Å². The molecule has 0 atom stereocenters. The molecule has 31 heavy (non-hydrogen) atoms. The van der Waals surface area contributed by atoms with E-state index in [-0.39, 0.29) is 5.56 Å². The van der Waals surface area contributed by atoms with Gasteiger partial charge in [0, 0.05) is 10.6 Å². The molecule has 0 bridgehead atoms. The molecule has 0 saturated carbocycles. The molecule has 4 aromatic rings. The zero-order valence-electron chi connectivity index (χ0n) is 17.3. The smallest absolute Gasteiger partial charge is 0.261 e. The van der Waals surface area contributed by atoms with Crippen LogP contribution in [0.5, 0.6) is 5.75 Å². The summed E-state index contributed by atoms with van der Waals surface area (Å²) < 4.78 is 13.1. The van der Waals surface area contributed by atoms with Crippen molar-refractivity contribution in [3.63, 3.8) is 0 Å². The van der Waals surface area contributed by atoms with Gasteiger partial charge in [-0.3, -0.25) is 9.36 Å². The van der Waals surface area contributed by atoms with Gasteiger partial charge in [-0.15, -0.1) is 0 Å². The Hall–Kier alpha value is -3.15. The molecule has 0 aliphatic heterocycles. The first-order valence-corrected chi connectivity index (χ1v) is 10.5. The minimum atomic E-state index is -0.0878. The van der Waals surface area contributed by atoms with E-state index >= 15 is 0 Å². The molecule has 0 aliphatic carbocycles. The third kappa shape index (κ3) is 5.13. The van der Waals surface area contributed by atoms with Gasteiger partial charge >= 0.3 is 0 Å². The molecular weight excluding hydrogens is 412 g/mol. The van der Waals surface area contributed by atoms with Crippen molar-refractivity contribution >= 4 is 22.5 Å². The van der Waals surface area contributed by atoms with E-state index in [0.29, 0.717) is 48.1 Å². The van der Waals surface area contributed by atoms with E-state index in [1.165, 1.54) is 0 Å². The van der Waals surface area contributed by atoms with Gasteiger partial charge in [-0.25, -0.2) is 4.98 Å². The standard InChI is InChI=1S/C25H23ClN2O3/c1-18-5-4-6-21(17-18)31-16-15-30-14-13-28-24(19-9-11-20(26)12-10-19)27-23-8-3-2-7-22(23)25(28)29/h2-12,17H,13-16H2,1H3. The molecule has 0 spiro atoms. The second-order valence-corrected chi connectivity index (χ2v) is 7.63. The highest BCUT2D eigenvalue weighted by Crippen LogP contribution is 2.21. The monoisotopic (exact) mass is 434 g/mol. The number of aryl methyl sites for hydroxylation is 1. The van der Waals surface area contributed by atoms with Gasteiger partial charge < -0.3 is 9.47 Å². The van der Waals surface area contributed by atoms with Gasteiger partial charge in [0.1, 0.15) is 18.2 Å². The van der Waals surface area contributed by atoms with Gasteiger partial charge in [0.15, 0.2) is 0 Å². The Kier molecular flexibility index (Phi) is 6.65. The maximum absolute atomic E-state index is 13.1. The van der Waals surface area contributed by atoms with Crippen LogP contribution in [0.4, 0.5) is 0 Å². The summed E-state index contributed by atoms with van der Waals surface area (Å²) in [4.78, 5) is 17.9. The summed E-state index contributed by atoms with van der Waals surface area (Å²) in [5.74, 6) is 1.42. The van der Waals surface area contributed by atoms with Crippen molar-refractivity contribution in [2.24, 2.45) is 0 Å². The number of halogens is 1. The Bertz CT molecular complexity index is 1240. The Morgan fingerprint density at radius 2 is 1.74 bits per heavy atom.